The number of aromatic amines is 1. The van der Waals surface area contributed by atoms with Crippen LogP contribution in [-0.4, -0.2) is 26.1 Å². The molecule has 0 spiro atoms. The van der Waals surface area contributed by atoms with Gasteiger partial charge in [0.1, 0.15) is 12.3 Å². The van der Waals surface area contributed by atoms with Gasteiger partial charge < -0.3 is 4.74 Å². The van der Waals surface area contributed by atoms with E-state index in [-0.39, 0.29) is 30.0 Å². The average Bonchev–Trinajstić information content (AvgIpc) is 3.35. The molecule has 0 amide bonds. The van der Waals surface area contributed by atoms with E-state index in [0.29, 0.717) is 17.4 Å². The summed E-state index contributed by atoms with van der Waals surface area (Å²) in [5, 5.41) is 5.37. The van der Waals surface area contributed by atoms with Gasteiger partial charge in [-0.2, -0.15) is 18.3 Å². The first-order chi connectivity index (χ1) is 12.4. The molecule has 0 aromatic carbocycles. The van der Waals surface area contributed by atoms with Crippen molar-refractivity contribution in [3.05, 3.63) is 29.7 Å². The molecule has 2 aliphatic carbocycles. The summed E-state index contributed by atoms with van der Waals surface area (Å²) >= 11 is 0. The third kappa shape index (κ3) is 3.30. The van der Waals surface area contributed by atoms with E-state index in [1.807, 2.05) is 5.10 Å². The third-order valence-corrected chi connectivity index (χ3v) is 5.23. The Morgan fingerprint density at radius 2 is 2.12 bits per heavy atom. The number of aromatic nitrogens is 4. The Balaban J connectivity index is 1.36. The van der Waals surface area contributed by atoms with Gasteiger partial charge >= 0.3 is 12.1 Å². The monoisotopic (exact) mass is 366 g/mol. The van der Waals surface area contributed by atoms with Crippen molar-refractivity contribution in [1.29, 1.82) is 0 Å². The van der Waals surface area contributed by atoms with Gasteiger partial charge in [0, 0.05) is 11.8 Å². The van der Waals surface area contributed by atoms with Gasteiger partial charge in [-0.1, -0.05) is 12.5 Å². The highest BCUT2D eigenvalue weighted by Gasteiger charge is 2.43. The van der Waals surface area contributed by atoms with Gasteiger partial charge in [0.2, 0.25) is 5.82 Å². The minimum atomic E-state index is -4.58. The lowest BCUT2D eigenvalue weighted by Gasteiger charge is -2.19. The summed E-state index contributed by atoms with van der Waals surface area (Å²) < 4.78 is 43.0. The summed E-state index contributed by atoms with van der Waals surface area (Å²) in [6.45, 7) is 0.0990. The van der Waals surface area contributed by atoms with E-state index in [1.54, 1.807) is 6.07 Å². The van der Waals surface area contributed by atoms with Crippen molar-refractivity contribution in [2.24, 2.45) is 17.8 Å². The Bertz CT molecular complexity index is 803. The molecule has 138 valence electrons. The molecule has 9 heteroatoms. The first-order valence-corrected chi connectivity index (χ1v) is 8.51. The summed E-state index contributed by atoms with van der Waals surface area (Å²) in [5.74, 6) is -0.330. The SMILES string of the molecule is O=C(OCc1ccc(-c2n[nH]c(C(F)(F)F)n2)nc1)[C@@H]1C[C@H]2CC[C@@H]1C2. The lowest BCUT2D eigenvalue weighted by molar-refractivity contribution is -0.151. The maximum atomic E-state index is 12.5. The topological polar surface area (TPSA) is 80.8 Å². The van der Waals surface area contributed by atoms with E-state index >= 15 is 0 Å². The average molecular weight is 366 g/mol. The molecule has 6 nitrogen and oxygen atoms in total. The van der Waals surface area contributed by atoms with Crippen LogP contribution >= 0.6 is 0 Å². The van der Waals surface area contributed by atoms with Crippen molar-refractivity contribution in [3.63, 3.8) is 0 Å². The quantitative estimate of drug-likeness (QED) is 0.839. The van der Waals surface area contributed by atoms with Crippen molar-refractivity contribution < 1.29 is 22.7 Å². The Kier molecular flexibility index (Phi) is 4.16. The Labute approximate surface area is 147 Å². The van der Waals surface area contributed by atoms with Crippen molar-refractivity contribution in [2.45, 2.75) is 38.5 Å². The van der Waals surface area contributed by atoms with Crippen LogP contribution in [0.3, 0.4) is 0 Å². The minimum Gasteiger partial charge on any atom is -0.461 e. The summed E-state index contributed by atoms with van der Waals surface area (Å²) in [5.41, 5.74) is 0.872. The number of rotatable bonds is 4. The first kappa shape index (κ1) is 17.0. The normalized spacial score (nSPS) is 24.8. The van der Waals surface area contributed by atoms with Gasteiger partial charge in [-0.05, 0) is 37.2 Å². The second kappa shape index (κ2) is 6.37. The summed E-state index contributed by atoms with van der Waals surface area (Å²) in [6, 6.07) is 3.14. The maximum Gasteiger partial charge on any atom is 0.451 e. The number of esters is 1. The zero-order chi connectivity index (χ0) is 18.3. The highest BCUT2D eigenvalue weighted by molar-refractivity contribution is 5.73. The number of nitrogens with one attached hydrogen (secondary N) is 1. The molecule has 0 unspecified atom stereocenters. The number of nitrogens with zero attached hydrogens (tertiary/aromatic N) is 3. The van der Waals surface area contributed by atoms with Gasteiger partial charge in [0.05, 0.1) is 5.92 Å². The van der Waals surface area contributed by atoms with Crippen molar-refractivity contribution in [3.8, 4) is 11.5 Å². The molecular formula is C17H17F3N4O2. The Morgan fingerprint density at radius 1 is 1.27 bits per heavy atom. The van der Waals surface area contributed by atoms with E-state index in [9.17, 15) is 18.0 Å². The van der Waals surface area contributed by atoms with E-state index in [1.165, 1.54) is 18.7 Å². The molecule has 1 N–H and O–H groups in total. The third-order valence-electron chi connectivity index (χ3n) is 5.23. The van der Waals surface area contributed by atoms with Crippen molar-refractivity contribution in [1.82, 2.24) is 20.2 Å². The molecule has 0 aliphatic heterocycles. The molecule has 3 atom stereocenters. The number of carbonyl (C=O) groups is 1. The number of carbonyl (C=O) groups excluding carboxylic acids is 1. The van der Waals surface area contributed by atoms with Crippen LogP contribution in [0.25, 0.3) is 11.5 Å². The summed E-state index contributed by atoms with van der Waals surface area (Å²) in [7, 11) is 0. The van der Waals surface area contributed by atoms with Crippen LogP contribution in [0.15, 0.2) is 18.3 Å². The smallest absolute Gasteiger partial charge is 0.451 e. The van der Waals surface area contributed by atoms with Gasteiger partial charge in [-0.25, -0.2) is 4.98 Å². The van der Waals surface area contributed by atoms with Crippen LogP contribution < -0.4 is 0 Å². The van der Waals surface area contributed by atoms with E-state index < -0.39 is 12.0 Å². The van der Waals surface area contributed by atoms with Gasteiger partial charge in [-0.15, -0.1) is 0 Å². The second-order valence-electron chi connectivity index (χ2n) is 6.95. The van der Waals surface area contributed by atoms with Gasteiger partial charge in [0.15, 0.2) is 5.82 Å². The zero-order valence-corrected chi connectivity index (χ0v) is 13.8. The fourth-order valence-corrected chi connectivity index (χ4v) is 3.94. The van der Waals surface area contributed by atoms with Crippen LogP contribution in [0.5, 0.6) is 0 Å². The predicted octanol–water partition coefficient (Wildman–Crippen LogP) is 3.36. The lowest BCUT2D eigenvalue weighted by Crippen LogP contribution is -2.23. The minimum absolute atomic E-state index is 0.00929. The molecule has 2 bridgehead atoms. The number of H-pyrrole nitrogens is 1. The fourth-order valence-electron chi connectivity index (χ4n) is 3.94. The molecule has 2 aromatic rings. The number of pyridine rings is 1. The van der Waals surface area contributed by atoms with Crippen molar-refractivity contribution >= 4 is 5.97 Å². The summed E-state index contributed by atoms with van der Waals surface area (Å²) in [6.07, 6.45) is 1.25. The number of hydrogen-bond donors (Lipinski definition) is 1. The number of hydrogen-bond acceptors (Lipinski definition) is 5. The number of fused-ring (bicyclic) bond motifs is 2. The largest absolute Gasteiger partial charge is 0.461 e. The van der Waals surface area contributed by atoms with Crippen LogP contribution in [0.4, 0.5) is 13.2 Å². The van der Waals surface area contributed by atoms with Crippen LogP contribution in [-0.2, 0) is 22.3 Å². The van der Waals surface area contributed by atoms with Crippen molar-refractivity contribution in [2.75, 3.05) is 0 Å². The van der Waals surface area contributed by atoms with E-state index in [0.717, 1.165) is 19.3 Å². The number of ether oxygens (including phenoxy) is 1. The Morgan fingerprint density at radius 3 is 2.69 bits per heavy atom. The van der Waals surface area contributed by atoms with Crippen LogP contribution in [0.1, 0.15) is 37.1 Å². The second-order valence-corrected chi connectivity index (χ2v) is 6.95. The molecule has 26 heavy (non-hydrogen) atoms. The van der Waals surface area contributed by atoms with Gasteiger partial charge in [0.25, 0.3) is 0 Å². The molecule has 2 aromatic heterocycles. The molecule has 2 heterocycles. The van der Waals surface area contributed by atoms with Crippen LogP contribution in [0, 0.1) is 17.8 Å². The Hall–Kier alpha value is -2.45. The maximum absolute atomic E-state index is 12.5. The zero-order valence-electron chi connectivity index (χ0n) is 13.8. The number of halogens is 3. The first-order valence-electron chi connectivity index (χ1n) is 8.51. The molecule has 0 saturated heterocycles. The standard InChI is InChI=1S/C17H17F3N4O2/c18-17(19,20)16-22-14(23-24-16)13-4-2-10(7-21-13)8-26-15(25)12-6-9-1-3-11(12)5-9/h2,4,7,9,11-12H,1,3,5-6,8H2,(H,22,23,24)/t9-,11+,12+/m0/s1. The molecule has 4 rings (SSSR count). The number of alkyl halides is 3. The molecular weight excluding hydrogens is 349 g/mol. The molecule has 2 aliphatic rings. The fraction of sp³-hybridized carbons (Fsp3) is 0.529. The highest BCUT2D eigenvalue weighted by atomic mass is 19.4. The van der Waals surface area contributed by atoms with E-state index in [2.05, 4.69) is 15.1 Å². The molecule has 0 radical (unpaired) electrons. The highest BCUT2D eigenvalue weighted by Crippen LogP contribution is 2.48. The summed E-state index contributed by atoms with van der Waals surface area (Å²) in [4.78, 5) is 19.7. The predicted molar refractivity (Wildman–Crippen MR) is 83.3 cm³/mol. The van der Waals surface area contributed by atoms with Crippen LogP contribution in [0.2, 0.25) is 0 Å². The lowest BCUT2D eigenvalue weighted by atomic mass is 9.89. The molecule has 2 fully saturated rings. The van der Waals surface area contributed by atoms with E-state index in [4.69, 9.17) is 4.74 Å². The van der Waals surface area contributed by atoms with Gasteiger partial charge in [-0.3, -0.25) is 14.9 Å². The molecule has 2 saturated carbocycles.